The second-order valence-electron chi connectivity index (χ2n) is 4.90. The van der Waals surface area contributed by atoms with Crippen molar-refractivity contribution in [3.05, 3.63) is 41.0 Å². The third-order valence-corrected chi connectivity index (χ3v) is 4.43. The zero-order valence-corrected chi connectivity index (χ0v) is 11.9. The van der Waals surface area contributed by atoms with Crippen LogP contribution in [0.15, 0.2) is 30.5 Å². The lowest BCUT2D eigenvalue weighted by Crippen LogP contribution is -1.95. The molecule has 3 heterocycles. The van der Waals surface area contributed by atoms with Gasteiger partial charge < -0.3 is 10.6 Å². The van der Waals surface area contributed by atoms with Gasteiger partial charge in [0, 0.05) is 29.7 Å². The van der Waals surface area contributed by atoms with Crippen LogP contribution in [-0.2, 0) is 6.42 Å². The van der Waals surface area contributed by atoms with Gasteiger partial charge in [-0.25, -0.2) is 9.97 Å². The molecule has 20 heavy (non-hydrogen) atoms. The Morgan fingerprint density at radius 1 is 1.30 bits per heavy atom. The number of pyridine rings is 1. The zero-order valence-electron chi connectivity index (χ0n) is 11.1. The predicted molar refractivity (Wildman–Crippen MR) is 84.1 cm³/mol. The number of nitrogens with one attached hydrogen (secondary N) is 2. The molecule has 0 radical (unpaired) electrons. The number of benzene rings is 1. The fraction of sp³-hybridized carbons (Fsp3) is 0.200. The highest BCUT2D eigenvalue weighted by Gasteiger charge is 2.15. The first-order valence-corrected chi connectivity index (χ1v) is 7.47. The molecule has 0 saturated carbocycles. The van der Waals surface area contributed by atoms with Crippen molar-refractivity contribution in [3.63, 3.8) is 0 Å². The molecule has 4 nitrogen and oxygen atoms in total. The van der Waals surface area contributed by atoms with E-state index in [-0.39, 0.29) is 0 Å². The van der Waals surface area contributed by atoms with Crippen LogP contribution < -0.4 is 10.6 Å². The summed E-state index contributed by atoms with van der Waals surface area (Å²) in [6.07, 6.45) is 2.86. The molecule has 0 unspecified atom stereocenters. The Labute approximate surface area is 120 Å². The lowest BCUT2D eigenvalue weighted by Gasteiger charge is -2.10. The molecule has 4 rings (SSSR count). The number of fused-ring (bicyclic) bond motifs is 2. The van der Waals surface area contributed by atoms with Crippen LogP contribution in [0.25, 0.3) is 10.2 Å². The third-order valence-electron chi connectivity index (χ3n) is 3.50. The summed E-state index contributed by atoms with van der Waals surface area (Å²) in [6, 6.07) is 8.35. The Morgan fingerprint density at radius 2 is 2.25 bits per heavy atom. The highest BCUT2D eigenvalue weighted by molar-refractivity contribution is 7.18. The van der Waals surface area contributed by atoms with Gasteiger partial charge in [-0.3, -0.25) is 0 Å². The van der Waals surface area contributed by atoms with Gasteiger partial charge in [0.15, 0.2) is 0 Å². The maximum atomic E-state index is 4.49. The van der Waals surface area contributed by atoms with Crippen LogP contribution in [0.5, 0.6) is 0 Å². The summed E-state index contributed by atoms with van der Waals surface area (Å²) < 4.78 is 1.22. The summed E-state index contributed by atoms with van der Waals surface area (Å²) in [6.45, 7) is 3.01. The standard InChI is InChI=1S/C15H14N4S/c1-9-18-13-3-2-10(8-14(13)20-9)19-12-5-7-17-15-11(12)4-6-16-15/h2-3,5,7-8H,4,6H2,1H3,(H2,16,17,19). The number of hydrogen-bond donors (Lipinski definition) is 2. The molecule has 1 aromatic carbocycles. The van der Waals surface area contributed by atoms with Crippen molar-refractivity contribution in [2.45, 2.75) is 13.3 Å². The molecule has 0 amide bonds. The molecule has 3 aromatic rings. The average Bonchev–Trinajstić information content (AvgIpc) is 3.03. The molecule has 0 spiro atoms. The SMILES string of the molecule is Cc1nc2ccc(Nc3ccnc4c3CCN4)cc2s1. The average molecular weight is 282 g/mol. The van der Waals surface area contributed by atoms with Crippen molar-refractivity contribution < 1.29 is 0 Å². The number of anilines is 3. The van der Waals surface area contributed by atoms with Gasteiger partial charge in [0.1, 0.15) is 5.82 Å². The van der Waals surface area contributed by atoms with E-state index in [0.717, 1.165) is 40.7 Å². The fourth-order valence-corrected chi connectivity index (χ4v) is 3.46. The smallest absolute Gasteiger partial charge is 0.131 e. The molecule has 1 aliphatic rings. The summed E-state index contributed by atoms with van der Waals surface area (Å²) in [5, 5.41) is 7.91. The summed E-state index contributed by atoms with van der Waals surface area (Å²) in [5.74, 6) is 1.00. The van der Waals surface area contributed by atoms with Crippen LogP contribution in [0.3, 0.4) is 0 Å². The van der Waals surface area contributed by atoms with Gasteiger partial charge in [-0.2, -0.15) is 0 Å². The normalized spacial score (nSPS) is 13.2. The Balaban J connectivity index is 1.72. The minimum atomic E-state index is 0.966. The second kappa shape index (κ2) is 4.45. The monoisotopic (exact) mass is 282 g/mol. The van der Waals surface area contributed by atoms with Crippen LogP contribution in [0.2, 0.25) is 0 Å². The van der Waals surface area contributed by atoms with E-state index < -0.39 is 0 Å². The van der Waals surface area contributed by atoms with Gasteiger partial charge in [-0.15, -0.1) is 11.3 Å². The Bertz CT molecular complexity index is 794. The van der Waals surface area contributed by atoms with E-state index in [1.165, 1.54) is 10.3 Å². The number of aromatic nitrogens is 2. The Morgan fingerprint density at radius 3 is 3.20 bits per heavy atom. The van der Waals surface area contributed by atoms with Crippen LogP contribution in [0.1, 0.15) is 10.6 Å². The van der Waals surface area contributed by atoms with Gasteiger partial charge in [0.25, 0.3) is 0 Å². The first-order chi connectivity index (χ1) is 9.79. The highest BCUT2D eigenvalue weighted by atomic mass is 32.1. The van der Waals surface area contributed by atoms with Gasteiger partial charge >= 0.3 is 0 Å². The van der Waals surface area contributed by atoms with Crippen molar-refractivity contribution in [1.82, 2.24) is 9.97 Å². The predicted octanol–water partition coefficient (Wildman–Crippen LogP) is 3.71. The summed E-state index contributed by atoms with van der Waals surface area (Å²) in [4.78, 5) is 8.85. The van der Waals surface area contributed by atoms with Gasteiger partial charge in [-0.05, 0) is 37.6 Å². The lowest BCUT2D eigenvalue weighted by molar-refractivity contribution is 1.11. The van der Waals surface area contributed by atoms with Crippen LogP contribution >= 0.6 is 11.3 Å². The first kappa shape index (κ1) is 11.7. The van der Waals surface area contributed by atoms with Gasteiger partial charge in [-0.1, -0.05) is 0 Å². The fourth-order valence-electron chi connectivity index (χ4n) is 2.59. The maximum Gasteiger partial charge on any atom is 0.131 e. The second-order valence-corrected chi connectivity index (χ2v) is 6.14. The Kier molecular flexibility index (Phi) is 2.60. The number of thiazole rings is 1. The van der Waals surface area contributed by atoms with E-state index in [4.69, 9.17) is 0 Å². The van der Waals surface area contributed by atoms with Gasteiger partial charge in [0.2, 0.25) is 0 Å². The molecule has 100 valence electrons. The van der Waals surface area contributed by atoms with Crippen molar-refractivity contribution in [1.29, 1.82) is 0 Å². The molecule has 0 saturated heterocycles. The minimum Gasteiger partial charge on any atom is -0.369 e. The van der Waals surface area contributed by atoms with E-state index in [2.05, 4.69) is 38.8 Å². The number of hydrogen-bond acceptors (Lipinski definition) is 5. The molecule has 0 aliphatic carbocycles. The van der Waals surface area contributed by atoms with Crippen molar-refractivity contribution in [2.24, 2.45) is 0 Å². The highest BCUT2D eigenvalue weighted by Crippen LogP contribution is 2.31. The third kappa shape index (κ3) is 1.91. The molecule has 0 bridgehead atoms. The summed E-state index contributed by atoms with van der Waals surface area (Å²) in [7, 11) is 0. The Hall–Kier alpha value is -2.14. The molecule has 0 atom stereocenters. The largest absolute Gasteiger partial charge is 0.369 e. The first-order valence-electron chi connectivity index (χ1n) is 6.65. The van der Waals surface area contributed by atoms with E-state index in [1.807, 2.05) is 19.2 Å². The topological polar surface area (TPSA) is 49.8 Å². The number of aryl methyl sites for hydroxylation is 1. The van der Waals surface area contributed by atoms with Crippen LogP contribution in [-0.4, -0.2) is 16.5 Å². The van der Waals surface area contributed by atoms with E-state index in [1.54, 1.807) is 11.3 Å². The van der Waals surface area contributed by atoms with Crippen molar-refractivity contribution >= 4 is 38.7 Å². The summed E-state index contributed by atoms with van der Waals surface area (Å²) in [5.41, 5.74) is 4.58. The van der Waals surface area contributed by atoms with Crippen LogP contribution in [0, 0.1) is 6.92 Å². The van der Waals surface area contributed by atoms with Crippen molar-refractivity contribution in [3.8, 4) is 0 Å². The van der Waals surface area contributed by atoms with E-state index in [9.17, 15) is 0 Å². The van der Waals surface area contributed by atoms with Crippen LogP contribution in [0.4, 0.5) is 17.2 Å². The molecule has 2 N–H and O–H groups in total. The molecule has 0 fully saturated rings. The minimum absolute atomic E-state index is 0.966. The molecule has 2 aromatic heterocycles. The molecule has 1 aliphatic heterocycles. The molecule has 5 heteroatoms. The lowest BCUT2D eigenvalue weighted by atomic mass is 10.2. The quantitative estimate of drug-likeness (QED) is 0.752. The van der Waals surface area contributed by atoms with Crippen molar-refractivity contribution in [2.75, 3.05) is 17.2 Å². The summed E-state index contributed by atoms with van der Waals surface area (Å²) >= 11 is 1.73. The zero-order chi connectivity index (χ0) is 13.5. The molecular weight excluding hydrogens is 268 g/mol. The van der Waals surface area contributed by atoms with Gasteiger partial charge in [0.05, 0.1) is 15.2 Å². The van der Waals surface area contributed by atoms with E-state index in [0.29, 0.717) is 0 Å². The molecular formula is C15H14N4S. The number of rotatable bonds is 2. The number of nitrogens with zero attached hydrogens (tertiary/aromatic N) is 2. The van der Waals surface area contributed by atoms with E-state index >= 15 is 0 Å². The maximum absolute atomic E-state index is 4.49.